The van der Waals surface area contributed by atoms with Crippen LogP contribution in [0.15, 0.2) is 17.0 Å². The van der Waals surface area contributed by atoms with Crippen LogP contribution in [0, 0.1) is 5.82 Å². The van der Waals surface area contributed by atoms with Crippen molar-refractivity contribution in [1.29, 1.82) is 0 Å². The lowest BCUT2D eigenvalue weighted by atomic mass is 9.81. The third-order valence-corrected chi connectivity index (χ3v) is 4.86. The highest BCUT2D eigenvalue weighted by molar-refractivity contribution is 7.89. The molecule has 4 N–H and O–H groups in total. The number of anilines is 1. The lowest BCUT2D eigenvalue weighted by molar-refractivity contribution is -0.0271. The van der Waals surface area contributed by atoms with E-state index in [1.807, 2.05) is 0 Å². The Hall–Kier alpha value is -0.890. The third-order valence-electron chi connectivity index (χ3n) is 3.18. The molecule has 5 nitrogen and oxygen atoms in total. The van der Waals surface area contributed by atoms with Gasteiger partial charge in [0.05, 0.1) is 10.6 Å². The summed E-state index contributed by atoms with van der Waals surface area (Å²) >= 11 is 5.56. The lowest BCUT2D eigenvalue weighted by Crippen LogP contribution is -2.47. The maximum absolute atomic E-state index is 13.7. The first-order valence-electron chi connectivity index (χ1n) is 5.70. The highest BCUT2D eigenvalue weighted by Crippen LogP contribution is 2.31. The van der Waals surface area contributed by atoms with Crippen LogP contribution in [0.3, 0.4) is 0 Å². The Morgan fingerprint density at radius 3 is 2.63 bits per heavy atom. The Balaban J connectivity index is 2.24. The van der Waals surface area contributed by atoms with Crippen LogP contribution in [0.2, 0.25) is 5.02 Å². The van der Waals surface area contributed by atoms with Crippen LogP contribution in [0.4, 0.5) is 10.1 Å². The average molecular weight is 309 g/mol. The van der Waals surface area contributed by atoms with Crippen LogP contribution in [0.1, 0.15) is 19.3 Å². The van der Waals surface area contributed by atoms with Gasteiger partial charge >= 0.3 is 0 Å². The fourth-order valence-electron chi connectivity index (χ4n) is 1.85. The Bertz CT molecular complexity index is 602. The van der Waals surface area contributed by atoms with E-state index in [0.717, 1.165) is 18.6 Å². The van der Waals surface area contributed by atoms with Crippen molar-refractivity contribution in [1.82, 2.24) is 4.72 Å². The van der Waals surface area contributed by atoms with Crippen LogP contribution in [0.25, 0.3) is 0 Å². The second-order valence-corrected chi connectivity index (χ2v) is 6.86. The molecule has 0 atom stereocenters. The van der Waals surface area contributed by atoms with Crippen LogP contribution in [-0.4, -0.2) is 25.7 Å². The molecule has 19 heavy (non-hydrogen) atoms. The van der Waals surface area contributed by atoms with Gasteiger partial charge in [0.25, 0.3) is 0 Å². The lowest BCUT2D eigenvalue weighted by Gasteiger charge is -2.36. The van der Waals surface area contributed by atoms with Gasteiger partial charge in [-0.2, -0.15) is 0 Å². The summed E-state index contributed by atoms with van der Waals surface area (Å²) in [5.41, 5.74) is 4.47. The summed E-state index contributed by atoms with van der Waals surface area (Å²) in [5.74, 6) is -1.05. The van der Waals surface area contributed by atoms with Crippen LogP contribution in [0.5, 0.6) is 0 Å². The van der Waals surface area contributed by atoms with E-state index in [1.54, 1.807) is 0 Å². The van der Waals surface area contributed by atoms with Crippen molar-refractivity contribution in [2.45, 2.75) is 29.8 Å². The van der Waals surface area contributed by atoms with E-state index >= 15 is 0 Å². The molecule has 0 radical (unpaired) electrons. The van der Waals surface area contributed by atoms with Gasteiger partial charge in [-0.3, -0.25) is 0 Å². The summed E-state index contributed by atoms with van der Waals surface area (Å²) in [6.45, 7) is -0.152. The Labute approximate surface area is 115 Å². The van der Waals surface area contributed by atoms with Gasteiger partial charge in [0.2, 0.25) is 10.0 Å². The molecule has 0 heterocycles. The minimum Gasteiger partial charge on any atom is -0.399 e. The largest absolute Gasteiger partial charge is 0.399 e. The molecule has 2 rings (SSSR count). The monoisotopic (exact) mass is 308 g/mol. The van der Waals surface area contributed by atoms with E-state index in [0.29, 0.717) is 12.8 Å². The standard InChI is InChI=1S/C11H14ClFN2O3S/c12-8-4-7(14)5-9(10(8)13)19(17,18)15-6-11(16)2-1-3-11/h4-5,15-16H,1-3,6,14H2. The van der Waals surface area contributed by atoms with Crippen molar-refractivity contribution < 1.29 is 17.9 Å². The number of nitrogen functional groups attached to an aromatic ring is 1. The number of nitrogens with two attached hydrogens (primary N) is 1. The molecular formula is C11H14ClFN2O3S. The quantitative estimate of drug-likeness (QED) is 0.730. The predicted molar refractivity (Wildman–Crippen MR) is 69.8 cm³/mol. The number of aliphatic hydroxyl groups is 1. The summed E-state index contributed by atoms with van der Waals surface area (Å²) in [4.78, 5) is -0.611. The summed E-state index contributed by atoms with van der Waals surface area (Å²) in [6.07, 6.45) is 1.89. The average Bonchev–Trinajstić information content (AvgIpc) is 2.28. The molecule has 1 aromatic rings. The second kappa shape index (κ2) is 4.90. The van der Waals surface area contributed by atoms with Gasteiger partial charge < -0.3 is 10.8 Å². The first-order chi connectivity index (χ1) is 8.73. The first kappa shape index (κ1) is 14.5. The van der Waals surface area contributed by atoms with Gasteiger partial charge in [0.1, 0.15) is 4.90 Å². The van der Waals surface area contributed by atoms with Crippen molar-refractivity contribution in [3.8, 4) is 0 Å². The maximum atomic E-state index is 13.7. The number of hydrogen-bond acceptors (Lipinski definition) is 4. The Morgan fingerprint density at radius 1 is 1.47 bits per heavy atom. The fraction of sp³-hybridized carbons (Fsp3) is 0.455. The minimum absolute atomic E-state index is 0.0501. The van der Waals surface area contributed by atoms with Crippen LogP contribution < -0.4 is 10.5 Å². The smallest absolute Gasteiger partial charge is 0.243 e. The Morgan fingerprint density at radius 2 is 2.11 bits per heavy atom. The molecule has 0 bridgehead atoms. The maximum Gasteiger partial charge on any atom is 0.243 e. The van der Waals surface area contributed by atoms with Crippen molar-refractivity contribution in [3.05, 3.63) is 23.0 Å². The predicted octanol–water partition coefficient (Wildman–Crippen LogP) is 1.25. The Kier molecular flexibility index (Phi) is 3.74. The zero-order valence-corrected chi connectivity index (χ0v) is 11.6. The molecule has 1 fully saturated rings. The molecule has 0 aromatic heterocycles. The molecule has 0 saturated heterocycles. The summed E-state index contributed by atoms with van der Waals surface area (Å²) < 4.78 is 39.8. The van der Waals surface area contributed by atoms with Gasteiger partial charge in [0.15, 0.2) is 5.82 Å². The SMILES string of the molecule is Nc1cc(Cl)c(F)c(S(=O)(=O)NCC2(O)CCC2)c1. The van der Waals surface area contributed by atoms with Crippen LogP contribution in [-0.2, 0) is 10.0 Å². The van der Waals surface area contributed by atoms with E-state index in [-0.39, 0.29) is 17.3 Å². The number of benzene rings is 1. The molecule has 1 saturated carbocycles. The zero-order valence-electron chi connectivity index (χ0n) is 9.99. The number of rotatable bonds is 4. The molecule has 0 aliphatic heterocycles. The normalized spacial score (nSPS) is 18.1. The molecule has 8 heteroatoms. The number of nitrogens with one attached hydrogen (secondary N) is 1. The molecule has 1 aliphatic rings. The summed E-state index contributed by atoms with van der Waals surface area (Å²) in [7, 11) is -4.09. The van der Waals surface area contributed by atoms with Crippen molar-refractivity contribution >= 4 is 27.3 Å². The highest BCUT2D eigenvalue weighted by atomic mass is 35.5. The van der Waals surface area contributed by atoms with E-state index in [9.17, 15) is 17.9 Å². The molecule has 0 spiro atoms. The van der Waals surface area contributed by atoms with E-state index in [1.165, 1.54) is 0 Å². The second-order valence-electron chi connectivity index (χ2n) is 4.72. The van der Waals surface area contributed by atoms with Crippen molar-refractivity contribution in [2.75, 3.05) is 12.3 Å². The highest BCUT2D eigenvalue weighted by Gasteiger charge is 2.36. The minimum atomic E-state index is -4.09. The van der Waals surface area contributed by atoms with Gasteiger partial charge in [-0.25, -0.2) is 17.5 Å². The topological polar surface area (TPSA) is 92.4 Å². The van der Waals surface area contributed by atoms with Crippen molar-refractivity contribution in [2.24, 2.45) is 0 Å². The third kappa shape index (κ3) is 3.00. The molecule has 1 aromatic carbocycles. The molecule has 0 amide bonds. The first-order valence-corrected chi connectivity index (χ1v) is 7.56. The van der Waals surface area contributed by atoms with Gasteiger partial charge in [-0.1, -0.05) is 11.6 Å². The molecule has 1 aliphatic carbocycles. The number of sulfonamides is 1. The summed E-state index contributed by atoms with van der Waals surface area (Å²) in [6, 6.07) is 2.13. The molecular weight excluding hydrogens is 295 g/mol. The van der Waals surface area contributed by atoms with Crippen LogP contribution >= 0.6 is 11.6 Å². The van der Waals surface area contributed by atoms with E-state index in [4.69, 9.17) is 17.3 Å². The number of halogens is 2. The van der Waals surface area contributed by atoms with Gasteiger partial charge in [-0.05, 0) is 31.4 Å². The van der Waals surface area contributed by atoms with Gasteiger partial charge in [-0.15, -0.1) is 0 Å². The molecule has 0 unspecified atom stereocenters. The van der Waals surface area contributed by atoms with Crippen molar-refractivity contribution in [3.63, 3.8) is 0 Å². The zero-order chi connectivity index (χ0) is 14.3. The van der Waals surface area contributed by atoms with Gasteiger partial charge in [0, 0.05) is 12.2 Å². The van der Waals surface area contributed by atoms with E-state index in [2.05, 4.69) is 4.72 Å². The summed E-state index contributed by atoms with van der Waals surface area (Å²) in [5, 5.41) is 9.47. The number of hydrogen-bond donors (Lipinski definition) is 3. The van der Waals surface area contributed by atoms with E-state index < -0.39 is 26.3 Å². The molecule has 106 valence electrons. The fourth-order valence-corrected chi connectivity index (χ4v) is 3.38.